The van der Waals surface area contributed by atoms with Gasteiger partial charge in [-0.2, -0.15) is 10.2 Å². The van der Waals surface area contributed by atoms with Crippen LogP contribution in [0.2, 0.25) is 0 Å². The molecule has 0 bridgehead atoms. The summed E-state index contributed by atoms with van der Waals surface area (Å²) in [6, 6.07) is 8.01. The molecule has 0 spiro atoms. The summed E-state index contributed by atoms with van der Waals surface area (Å²) in [6.45, 7) is 15.6. The molecule has 1 aliphatic rings. The van der Waals surface area contributed by atoms with Crippen LogP contribution < -0.4 is 5.56 Å². The van der Waals surface area contributed by atoms with E-state index in [4.69, 9.17) is 14.8 Å². The summed E-state index contributed by atoms with van der Waals surface area (Å²) >= 11 is 0. The summed E-state index contributed by atoms with van der Waals surface area (Å²) in [4.78, 5) is 35.7. The van der Waals surface area contributed by atoms with E-state index in [1.165, 1.54) is 0 Å². The van der Waals surface area contributed by atoms with Crippen LogP contribution in [-0.2, 0) is 11.2 Å². The zero-order valence-electron chi connectivity index (χ0n) is 24.6. The molecule has 4 aromatic rings. The number of likely N-dealkylation sites (tertiary alicyclic amines) is 1. The molecule has 1 N–H and O–H groups in total. The van der Waals surface area contributed by atoms with Crippen molar-refractivity contribution in [2.45, 2.75) is 98.4 Å². The van der Waals surface area contributed by atoms with Crippen molar-refractivity contribution in [2.75, 3.05) is 0 Å². The summed E-state index contributed by atoms with van der Waals surface area (Å²) in [7, 11) is 0. The molecule has 10 heteroatoms. The number of fused-ring (bicyclic) bond motifs is 1. The van der Waals surface area contributed by atoms with Gasteiger partial charge in [-0.25, -0.2) is 19.1 Å². The molecule has 1 aromatic carbocycles. The molecular formula is C30H39N7O3. The summed E-state index contributed by atoms with van der Waals surface area (Å²) in [5.74, 6) is 0.587. The highest BCUT2D eigenvalue weighted by atomic mass is 16.6. The number of benzene rings is 1. The van der Waals surface area contributed by atoms with Crippen LogP contribution in [0.15, 0.2) is 35.3 Å². The quantitative estimate of drug-likeness (QED) is 0.379. The van der Waals surface area contributed by atoms with Gasteiger partial charge >= 0.3 is 6.09 Å². The van der Waals surface area contributed by atoms with E-state index in [0.29, 0.717) is 41.8 Å². The molecule has 40 heavy (non-hydrogen) atoms. The number of nitrogens with one attached hydrogen (secondary N) is 1. The number of hydrogen-bond acceptors (Lipinski definition) is 6. The summed E-state index contributed by atoms with van der Waals surface area (Å²) < 4.78 is 9.43. The molecule has 0 saturated carbocycles. The Morgan fingerprint density at radius 3 is 2.25 bits per heavy atom. The van der Waals surface area contributed by atoms with Crippen molar-refractivity contribution >= 4 is 17.1 Å². The minimum Gasteiger partial charge on any atom is -0.444 e. The maximum absolute atomic E-state index is 13.2. The van der Waals surface area contributed by atoms with E-state index in [9.17, 15) is 9.59 Å². The van der Waals surface area contributed by atoms with Crippen LogP contribution in [0.25, 0.3) is 16.7 Å². The number of rotatable bonds is 4. The second-order valence-corrected chi connectivity index (χ2v) is 12.1. The molecule has 2 unspecified atom stereocenters. The van der Waals surface area contributed by atoms with Gasteiger partial charge in [0.2, 0.25) is 0 Å². The van der Waals surface area contributed by atoms with Gasteiger partial charge in [-0.3, -0.25) is 4.79 Å². The predicted octanol–water partition coefficient (Wildman–Crippen LogP) is 5.17. The minimum atomic E-state index is -0.554. The van der Waals surface area contributed by atoms with Crippen LogP contribution >= 0.6 is 0 Å². The number of H-pyrrole nitrogens is 1. The van der Waals surface area contributed by atoms with Gasteiger partial charge in [0.05, 0.1) is 23.1 Å². The Morgan fingerprint density at radius 2 is 1.68 bits per heavy atom. The molecule has 5 rings (SSSR count). The van der Waals surface area contributed by atoms with E-state index in [2.05, 4.69) is 10.1 Å². The van der Waals surface area contributed by atoms with Gasteiger partial charge in [0.15, 0.2) is 5.65 Å². The van der Waals surface area contributed by atoms with Crippen molar-refractivity contribution < 1.29 is 9.53 Å². The molecule has 0 radical (unpaired) electrons. The van der Waals surface area contributed by atoms with Gasteiger partial charge in [0, 0.05) is 24.7 Å². The average Bonchev–Trinajstić information content (AvgIpc) is 3.36. The zero-order valence-corrected chi connectivity index (χ0v) is 24.6. The second-order valence-electron chi connectivity index (χ2n) is 12.1. The molecule has 1 aliphatic heterocycles. The van der Waals surface area contributed by atoms with E-state index in [1.54, 1.807) is 0 Å². The molecule has 1 saturated heterocycles. The van der Waals surface area contributed by atoms with Crippen molar-refractivity contribution in [2.24, 2.45) is 0 Å². The lowest BCUT2D eigenvalue weighted by Crippen LogP contribution is -2.51. The number of carbonyl (C=O) groups is 1. The Bertz CT molecular complexity index is 1580. The van der Waals surface area contributed by atoms with Gasteiger partial charge in [0.25, 0.3) is 5.56 Å². The van der Waals surface area contributed by atoms with Crippen molar-refractivity contribution in [3.63, 3.8) is 0 Å². The first-order valence-electron chi connectivity index (χ1n) is 13.9. The monoisotopic (exact) mass is 545 g/mol. The fourth-order valence-electron chi connectivity index (χ4n) is 5.65. The van der Waals surface area contributed by atoms with Crippen LogP contribution in [-0.4, -0.2) is 58.2 Å². The zero-order chi connectivity index (χ0) is 28.9. The number of carbonyl (C=O) groups excluding carboxylic acids is 1. The number of nitrogens with zero attached hydrogens (tertiary/aromatic N) is 6. The molecule has 3 aromatic heterocycles. The molecule has 2 atom stereocenters. The summed E-state index contributed by atoms with van der Waals surface area (Å²) in [5.41, 5.74) is 4.66. The van der Waals surface area contributed by atoms with Gasteiger partial charge in [-0.05, 0) is 91.5 Å². The number of piperidine rings is 1. The fraction of sp³-hybridized carbons (Fsp3) is 0.500. The first-order valence-corrected chi connectivity index (χ1v) is 13.9. The highest BCUT2D eigenvalue weighted by Crippen LogP contribution is 2.34. The van der Waals surface area contributed by atoms with E-state index in [0.717, 1.165) is 22.5 Å². The normalized spacial score (nSPS) is 19.8. The Labute approximate surface area is 234 Å². The number of aromatic nitrogens is 6. The topological polar surface area (TPSA) is 111 Å². The van der Waals surface area contributed by atoms with Crippen molar-refractivity contribution in [3.8, 4) is 5.69 Å². The molecule has 212 valence electrons. The number of ether oxygens (including phenoxy) is 1. The third-order valence-corrected chi connectivity index (χ3v) is 7.63. The fourth-order valence-corrected chi connectivity index (χ4v) is 5.65. The third-order valence-electron chi connectivity index (χ3n) is 7.63. The van der Waals surface area contributed by atoms with Crippen LogP contribution in [0.4, 0.5) is 4.79 Å². The average molecular weight is 546 g/mol. The van der Waals surface area contributed by atoms with Crippen LogP contribution in [0.3, 0.4) is 0 Å². The number of amides is 1. The summed E-state index contributed by atoms with van der Waals surface area (Å²) in [5, 5.41) is 9.83. The summed E-state index contributed by atoms with van der Waals surface area (Å²) in [6.07, 6.45) is 3.58. The van der Waals surface area contributed by atoms with Crippen LogP contribution in [0.1, 0.15) is 81.8 Å². The molecule has 1 amide bonds. The highest BCUT2D eigenvalue weighted by Gasteiger charge is 2.38. The van der Waals surface area contributed by atoms with E-state index >= 15 is 0 Å². The van der Waals surface area contributed by atoms with Gasteiger partial charge in [-0.15, -0.1) is 0 Å². The number of hydrogen-bond donors (Lipinski definition) is 1. The van der Waals surface area contributed by atoms with Gasteiger partial charge in [0.1, 0.15) is 16.8 Å². The maximum atomic E-state index is 13.2. The third kappa shape index (κ3) is 5.39. The Balaban J connectivity index is 1.40. The first-order chi connectivity index (χ1) is 18.8. The van der Waals surface area contributed by atoms with Gasteiger partial charge < -0.3 is 14.6 Å². The number of aromatic amines is 1. The van der Waals surface area contributed by atoms with Crippen LogP contribution in [0.5, 0.6) is 0 Å². The smallest absolute Gasteiger partial charge is 0.410 e. The number of aryl methyl sites for hydroxylation is 3. The lowest BCUT2D eigenvalue weighted by Gasteiger charge is -2.42. The lowest BCUT2D eigenvalue weighted by atomic mass is 9.93. The van der Waals surface area contributed by atoms with E-state index < -0.39 is 5.60 Å². The molecule has 10 nitrogen and oxygen atoms in total. The molecular weight excluding hydrogens is 506 g/mol. The standard InChI is InChI=1S/C30H39N7O3/c1-17-16-35(33-20(17)4)23-11-9-22(10-12-23)15-25-31-27-26(28(38)32-25)21(5)34-37(27)24-13-18(2)36(19(3)14-24)29(39)40-30(6,7)8/h9-12,16,18-19,24H,13-15H2,1-8H3,(H,31,32,38). The predicted molar refractivity (Wildman–Crippen MR) is 154 cm³/mol. The molecule has 0 aliphatic carbocycles. The second kappa shape index (κ2) is 10.2. The molecule has 1 fully saturated rings. The largest absolute Gasteiger partial charge is 0.444 e. The first kappa shape index (κ1) is 27.6. The van der Waals surface area contributed by atoms with Crippen molar-refractivity contribution in [1.82, 2.24) is 34.4 Å². The lowest BCUT2D eigenvalue weighted by molar-refractivity contribution is -0.00668. The van der Waals surface area contributed by atoms with E-state index in [1.807, 2.05) is 100 Å². The van der Waals surface area contributed by atoms with Gasteiger partial charge in [-0.1, -0.05) is 12.1 Å². The Kier molecular flexibility index (Phi) is 7.06. The van der Waals surface area contributed by atoms with Crippen molar-refractivity contribution in [1.29, 1.82) is 0 Å². The molecule has 4 heterocycles. The van der Waals surface area contributed by atoms with E-state index in [-0.39, 0.29) is 29.8 Å². The minimum absolute atomic E-state index is 0.00213. The van der Waals surface area contributed by atoms with Crippen molar-refractivity contribution in [3.05, 3.63) is 69.2 Å². The Morgan fingerprint density at radius 1 is 1.02 bits per heavy atom. The maximum Gasteiger partial charge on any atom is 0.410 e. The Hall–Kier alpha value is -3.95. The highest BCUT2D eigenvalue weighted by molar-refractivity contribution is 5.77. The SMILES string of the molecule is Cc1cn(-c2ccc(Cc3nc4c(c(C)nn4C4CC(C)N(C(=O)OC(C)(C)C)C(C)C4)c(=O)[nH]3)cc2)nc1C. The van der Waals surface area contributed by atoms with Crippen LogP contribution in [0, 0.1) is 20.8 Å².